The van der Waals surface area contributed by atoms with Crippen LogP contribution >= 0.6 is 0 Å². The Labute approximate surface area is 67.2 Å². The van der Waals surface area contributed by atoms with Gasteiger partial charge in [-0.2, -0.15) is 0 Å². The van der Waals surface area contributed by atoms with Gasteiger partial charge in [0, 0.05) is 12.8 Å². The third kappa shape index (κ3) is 3.21. The molecule has 2 heteroatoms. The SMILES string of the molecule is O=CCCOC1=CCCCC1. The Kier molecular flexibility index (Phi) is 3.73. The van der Waals surface area contributed by atoms with Crippen LogP contribution in [0.4, 0.5) is 0 Å². The fraction of sp³-hybridized carbons (Fsp3) is 0.667. The summed E-state index contributed by atoms with van der Waals surface area (Å²) in [4.78, 5) is 9.95. The minimum Gasteiger partial charge on any atom is -0.498 e. The number of hydrogen-bond donors (Lipinski definition) is 0. The van der Waals surface area contributed by atoms with Gasteiger partial charge >= 0.3 is 0 Å². The summed E-state index contributed by atoms with van der Waals surface area (Å²) in [7, 11) is 0. The third-order valence-electron chi connectivity index (χ3n) is 1.77. The van der Waals surface area contributed by atoms with E-state index in [1.807, 2.05) is 0 Å². The molecule has 0 unspecified atom stereocenters. The van der Waals surface area contributed by atoms with Crippen molar-refractivity contribution in [2.45, 2.75) is 32.1 Å². The van der Waals surface area contributed by atoms with E-state index in [0.29, 0.717) is 13.0 Å². The summed E-state index contributed by atoms with van der Waals surface area (Å²) in [6.45, 7) is 0.551. The van der Waals surface area contributed by atoms with E-state index in [4.69, 9.17) is 4.74 Å². The molecule has 0 aliphatic heterocycles. The van der Waals surface area contributed by atoms with Crippen LogP contribution in [0.15, 0.2) is 11.8 Å². The molecule has 0 saturated carbocycles. The maximum absolute atomic E-state index is 9.95. The Morgan fingerprint density at radius 3 is 3.09 bits per heavy atom. The Morgan fingerprint density at radius 1 is 1.55 bits per heavy atom. The van der Waals surface area contributed by atoms with Gasteiger partial charge in [-0.05, 0) is 25.3 Å². The molecule has 0 N–H and O–H groups in total. The van der Waals surface area contributed by atoms with Gasteiger partial charge in [-0.1, -0.05) is 0 Å². The van der Waals surface area contributed by atoms with Gasteiger partial charge in [-0.25, -0.2) is 0 Å². The highest BCUT2D eigenvalue weighted by Crippen LogP contribution is 2.17. The van der Waals surface area contributed by atoms with Crippen molar-refractivity contribution in [2.24, 2.45) is 0 Å². The fourth-order valence-electron chi connectivity index (χ4n) is 1.18. The molecule has 62 valence electrons. The molecular weight excluding hydrogens is 140 g/mol. The van der Waals surface area contributed by atoms with Crippen LogP contribution in [-0.2, 0) is 9.53 Å². The molecule has 11 heavy (non-hydrogen) atoms. The van der Waals surface area contributed by atoms with E-state index in [2.05, 4.69) is 6.08 Å². The number of ether oxygens (including phenoxy) is 1. The van der Waals surface area contributed by atoms with Crippen LogP contribution in [0.2, 0.25) is 0 Å². The first-order valence-corrected chi connectivity index (χ1v) is 4.19. The van der Waals surface area contributed by atoms with Crippen molar-refractivity contribution < 1.29 is 9.53 Å². The lowest BCUT2D eigenvalue weighted by Gasteiger charge is -2.12. The van der Waals surface area contributed by atoms with Gasteiger partial charge in [0.05, 0.1) is 12.4 Å². The second-order valence-corrected chi connectivity index (χ2v) is 2.72. The largest absolute Gasteiger partial charge is 0.498 e. The first-order valence-electron chi connectivity index (χ1n) is 4.19. The Hall–Kier alpha value is -0.790. The molecule has 0 aromatic carbocycles. The zero-order valence-corrected chi connectivity index (χ0v) is 6.71. The van der Waals surface area contributed by atoms with Crippen molar-refractivity contribution in [1.29, 1.82) is 0 Å². The number of hydrogen-bond acceptors (Lipinski definition) is 2. The number of rotatable bonds is 4. The molecule has 1 aliphatic rings. The van der Waals surface area contributed by atoms with Crippen LogP contribution in [0, 0.1) is 0 Å². The van der Waals surface area contributed by atoms with E-state index >= 15 is 0 Å². The normalized spacial score (nSPS) is 17.3. The zero-order valence-electron chi connectivity index (χ0n) is 6.71. The summed E-state index contributed by atoms with van der Waals surface area (Å²) in [5, 5.41) is 0. The molecule has 1 rings (SSSR count). The Bertz CT molecular complexity index is 150. The molecule has 0 radical (unpaired) electrons. The molecule has 0 heterocycles. The van der Waals surface area contributed by atoms with Crippen LogP contribution in [0.5, 0.6) is 0 Å². The van der Waals surface area contributed by atoms with Crippen LogP contribution in [0.1, 0.15) is 32.1 Å². The average molecular weight is 154 g/mol. The van der Waals surface area contributed by atoms with Crippen molar-refractivity contribution in [2.75, 3.05) is 6.61 Å². The number of carbonyl (C=O) groups is 1. The quantitative estimate of drug-likeness (QED) is 0.457. The number of carbonyl (C=O) groups excluding carboxylic acids is 1. The van der Waals surface area contributed by atoms with E-state index < -0.39 is 0 Å². The first kappa shape index (κ1) is 8.31. The van der Waals surface area contributed by atoms with Gasteiger partial charge in [-0.15, -0.1) is 0 Å². The number of allylic oxidation sites excluding steroid dienone is 2. The smallest absolute Gasteiger partial charge is 0.123 e. The lowest BCUT2D eigenvalue weighted by atomic mass is 10.1. The van der Waals surface area contributed by atoms with Gasteiger partial charge in [0.1, 0.15) is 6.29 Å². The highest BCUT2D eigenvalue weighted by Gasteiger charge is 2.02. The van der Waals surface area contributed by atoms with Crippen molar-refractivity contribution in [1.82, 2.24) is 0 Å². The molecule has 0 atom stereocenters. The summed E-state index contributed by atoms with van der Waals surface area (Å²) in [6.07, 6.45) is 8.23. The van der Waals surface area contributed by atoms with Crippen molar-refractivity contribution in [3.63, 3.8) is 0 Å². The fourth-order valence-corrected chi connectivity index (χ4v) is 1.18. The summed E-state index contributed by atoms with van der Waals surface area (Å²) in [5.74, 6) is 1.08. The van der Waals surface area contributed by atoms with E-state index in [1.165, 1.54) is 12.8 Å². The third-order valence-corrected chi connectivity index (χ3v) is 1.77. The predicted octanol–water partition coefficient (Wildman–Crippen LogP) is 2.05. The van der Waals surface area contributed by atoms with Gasteiger partial charge in [0.25, 0.3) is 0 Å². The second-order valence-electron chi connectivity index (χ2n) is 2.72. The standard InChI is InChI=1S/C9H14O2/c10-7-4-8-11-9-5-2-1-3-6-9/h5,7H,1-4,6,8H2. The second kappa shape index (κ2) is 4.94. The van der Waals surface area contributed by atoms with Crippen LogP contribution < -0.4 is 0 Å². The molecule has 0 bridgehead atoms. The minimum absolute atomic E-state index is 0.511. The Balaban J connectivity index is 2.14. The lowest BCUT2D eigenvalue weighted by Crippen LogP contribution is -1.99. The van der Waals surface area contributed by atoms with Crippen molar-refractivity contribution >= 4 is 6.29 Å². The van der Waals surface area contributed by atoms with Gasteiger partial charge in [0.2, 0.25) is 0 Å². The van der Waals surface area contributed by atoms with Crippen LogP contribution in [0.25, 0.3) is 0 Å². The van der Waals surface area contributed by atoms with Gasteiger partial charge < -0.3 is 9.53 Å². The molecule has 0 aromatic heterocycles. The zero-order chi connectivity index (χ0) is 7.94. The molecule has 0 amide bonds. The van der Waals surface area contributed by atoms with Crippen LogP contribution in [-0.4, -0.2) is 12.9 Å². The summed E-state index contributed by atoms with van der Waals surface area (Å²) >= 11 is 0. The molecule has 1 aliphatic carbocycles. The average Bonchev–Trinajstić information content (AvgIpc) is 2.07. The lowest BCUT2D eigenvalue weighted by molar-refractivity contribution is -0.108. The minimum atomic E-state index is 0.511. The Morgan fingerprint density at radius 2 is 2.45 bits per heavy atom. The highest BCUT2D eigenvalue weighted by atomic mass is 16.5. The summed E-state index contributed by atoms with van der Waals surface area (Å²) in [6, 6.07) is 0. The van der Waals surface area contributed by atoms with Gasteiger partial charge in [0.15, 0.2) is 0 Å². The van der Waals surface area contributed by atoms with Crippen molar-refractivity contribution in [3.05, 3.63) is 11.8 Å². The molecule has 2 nitrogen and oxygen atoms in total. The first-order chi connectivity index (χ1) is 5.43. The monoisotopic (exact) mass is 154 g/mol. The molecule has 0 aromatic rings. The maximum atomic E-state index is 9.95. The maximum Gasteiger partial charge on any atom is 0.123 e. The predicted molar refractivity (Wildman–Crippen MR) is 43.2 cm³/mol. The molecule has 0 fully saturated rings. The molecule has 0 spiro atoms. The van der Waals surface area contributed by atoms with E-state index in [1.54, 1.807) is 0 Å². The van der Waals surface area contributed by atoms with Gasteiger partial charge in [-0.3, -0.25) is 0 Å². The van der Waals surface area contributed by atoms with Crippen LogP contribution in [0.3, 0.4) is 0 Å². The summed E-state index contributed by atoms with van der Waals surface area (Å²) < 4.78 is 5.35. The van der Waals surface area contributed by atoms with Crippen molar-refractivity contribution in [3.8, 4) is 0 Å². The topological polar surface area (TPSA) is 26.3 Å². The molecule has 0 saturated heterocycles. The van der Waals surface area contributed by atoms with E-state index in [0.717, 1.165) is 24.9 Å². The number of aldehydes is 1. The highest BCUT2D eigenvalue weighted by molar-refractivity contribution is 5.49. The molecular formula is C9H14O2. The van der Waals surface area contributed by atoms with E-state index in [-0.39, 0.29) is 0 Å². The van der Waals surface area contributed by atoms with E-state index in [9.17, 15) is 4.79 Å². The summed E-state index contributed by atoms with van der Waals surface area (Å²) in [5.41, 5.74) is 0.